The highest BCUT2D eigenvalue weighted by Gasteiger charge is 2.12. The van der Waals surface area contributed by atoms with Gasteiger partial charge in [-0.2, -0.15) is 5.10 Å². The Hall–Kier alpha value is -3.60. The number of amides is 1. The third-order valence-electron chi connectivity index (χ3n) is 5.07. The molecule has 5 heteroatoms. The van der Waals surface area contributed by atoms with Crippen molar-refractivity contribution in [1.82, 2.24) is 15.5 Å². The van der Waals surface area contributed by atoms with Crippen LogP contribution in [0.4, 0.5) is 0 Å². The molecule has 1 amide bonds. The van der Waals surface area contributed by atoms with Gasteiger partial charge in [-0.05, 0) is 79.1 Å². The minimum atomic E-state index is -0.0573. The number of benzene rings is 3. The van der Waals surface area contributed by atoms with Crippen LogP contribution in [0.15, 0.2) is 60.7 Å². The summed E-state index contributed by atoms with van der Waals surface area (Å²) in [5, 5.41) is 11.6. The number of hydrogen-bond donors (Lipinski definition) is 2. The van der Waals surface area contributed by atoms with Crippen LogP contribution in [0.3, 0.4) is 0 Å². The van der Waals surface area contributed by atoms with Gasteiger partial charge in [-0.3, -0.25) is 9.89 Å². The van der Waals surface area contributed by atoms with Crippen LogP contribution in [-0.2, 0) is 0 Å². The van der Waals surface area contributed by atoms with E-state index in [4.69, 9.17) is 4.74 Å². The maximum absolute atomic E-state index is 12.2. The van der Waals surface area contributed by atoms with Gasteiger partial charge in [-0.1, -0.05) is 12.1 Å². The summed E-state index contributed by atoms with van der Waals surface area (Å²) in [6, 6.07) is 19.9. The molecule has 0 aliphatic carbocycles. The number of H-pyrrole nitrogens is 1. The molecule has 4 aromatic rings. The van der Waals surface area contributed by atoms with Gasteiger partial charge in [0.05, 0.1) is 18.3 Å². The molecule has 29 heavy (non-hydrogen) atoms. The van der Waals surface area contributed by atoms with Gasteiger partial charge >= 0.3 is 0 Å². The summed E-state index contributed by atoms with van der Waals surface area (Å²) in [6.45, 7) is 4.58. The van der Waals surface area contributed by atoms with E-state index < -0.39 is 0 Å². The molecule has 3 aromatic carbocycles. The predicted octanol–water partition coefficient (Wildman–Crippen LogP) is 4.96. The van der Waals surface area contributed by atoms with E-state index in [1.54, 1.807) is 7.11 Å². The second-order valence-electron chi connectivity index (χ2n) is 6.95. The number of carbonyl (C=O) groups excluding carboxylic acids is 1. The maximum Gasteiger partial charge on any atom is 0.251 e. The lowest BCUT2D eigenvalue weighted by atomic mass is 9.96. The van der Waals surface area contributed by atoms with Crippen molar-refractivity contribution in [2.45, 2.75) is 13.8 Å². The largest absolute Gasteiger partial charge is 0.497 e. The molecular weight excluding hydrogens is 362 g/mol. The van der Waals surface area contributed by atoms with Gasteiger partial charge in [0.2, 0.25) is 0 Å². The van der Waals surface area contributed by atoms with Crippen LogP contribution in [0.1, 0.15) is 22.8 Å². The van der Waals surface area contributed by atoms with Crippen molar-refractivity contribution in [3.63, 3.8) is 0 Å². The van der Waals surface area contributed by atoms with Gasteiger partial charge < -0.3 is 10.1 Å². The van der Waals surface area contributed by atoms with E-state index in [-0.39, 0.29) is 5.91 Å². The van der Waals surface area contributed by atoms with Gasteiger partial charge in [-0.15, -0.1) is 0 Å². The number of nitrogens with zero attached hydrogens (tertiary/aromatic N) is 1. The molecule has 0 saturated heterocycles. The number of hydrogen-bond acceptors (Lipinski definition) is 3. The molecule has 0 aliphatic rings. The molecule has 146 valence electrons. The normalized spacial score (nSPS) is 10.9. The van der Waals surface area contributed by atoms with E-state index in [1.165, 1.54) is 0 Å². The highest BCUT2D eigenvalue weighted by Crippen LogP contribution is 2.32. The number of rotatable bonds is 5. The summed E-state index contributed by atoms with van der Waals surface area (Å²) in [5.74, 6) is 0.761. The number of methoxy groups -OCH3 is 1. The van der Waals surface area contributed by atoms with Crippen LogP contribution in [0.25, 0.3) is 33.3 Å². The van der Waals surface area contributed by atoms with Crippen molar-refractivity contribution in [3.05, 3.63) is 71.8 Å². The number of fused-ring (bicyclic) bond motifs is 1. The molecule has 0 atom stereocenters. The monoisotopic (exact) mass is 385 g/mol. The second kappa shape index (κ2) is 7.80. The molecule has 2 N–H and O–H groups in total. The Morgan fingerprint density at radius 3 is 2.52 bits per heavy atom. The topological polar surface area (TPSA) is 67.0 Å². The molecule has 4 rings (SSSR count). The first-order chi connectivity index (χ1) is 14.1. The molecule has 0 saturated carbocycles. The third-order valence-corrected chi connectivity index (χ3v) is 5.07. The van der Waals surface area contributed by atoms with Gasteiger partial charge in [0.15, 0.2) is 0 Å². The fraction of sp³-hybridized carbons (Fsp3) is 0.167. The van der Waals surface area contributed by atoms with E-state index in [2.05, 4.69) is 40.6 Å². The highest BCUT2D eigenvalue weighted by molar-refractivity contribution is 5.98. The summed E-state index contributed by atoms with van der Waals surface area (Å²) in [6.07, 6.45) is 0. The first-order valence-corrected chi connectivity index (χ1v) is 9.62. The van der Waals surface area contributed by atoms with Crippen molar-refractivity contribution >= 4 is 16.8 Å². The van der Waals surface area contributed by atoms with Crippen LogP contribution in [-0.4, -0.2) is 29.8 Å². The van der Waals surface area contributed by atoms with Crippen molar-refractivity contribution in [3.8, 4) is 28.1 Å². The Morgan fingerprint density at radius 1 is 1.03 bits per heavy atom. The van der Waals surface area contributed by atoms with E-state index in [9.17, 15) is 4.79 Å². The molecule has 0 spiro atoms. The Balaban J connectivity index is 1.73. The zero-order valence-corrected chi connectivity index (χ0v) is 16.7. The summed E-state index contributed by atoms with van der Waals surface area (Å²) in [5.41, 5.74) is 6.75. The standard InChI is InChI=1S/C24H23N3O2/c1-4-25-24(28)18-6-5-15(2)21(13-18)17-9-12-20-22(14-17)26-27-23(20)16-7-10-19(29-3)11-8-16/h5-14H,4H2,1-3H3,(H,25,28)(H,26,27). The van der Waals surface area contributed by atoms with Gasteiger partial charge in [0.1, 0.15) is 5.75 Å². The Morgan fingerprint density at radius 2 is 1.79 bits per heavy atom. The van der Waals surface area contributed by atoms with Crippen molar-refractivity contribution < 1.29 is 9.53 Å². The maximum atomic E-state index is 12.2. The fourth-order valence-corrected chi connectivity index (χ4v) is 3.49. The van der Waals surface area contributed by atoms with E-state index in [1.807, 2.05) is 49.4 Å². The Labute approximate surface area is 169 Å². The Bertz CT molecular complexity index is 1180. The van der Waals surface area contributed by atoms with E-state index >= 15 is 0 Å². The number of aryl methyl sites for hydroxylation is 1. The fourth-order valence-electron chi connectivity index (χ4n) is 3.49. The van der Waals surface area contributed by atoms with Gasteiger partial charge in [0, 0.05) is 23.1 Å². The highest BCUT2D eigenvalue weighted by atomic mass is 16.5. The molecule has 0 bridgehead atoms. The quantitative estimate of drug-likeness (QED) is 0.510. The first-order valence-electron chi connectivity index (χ1n) is 9.62. The number of ether oxygens (including phenoxy) is 1. The smallest absolute Gasteiger partial charge is 0.251 e. The number of aromatic amines is 1. The van der Waals surface area contributed by atoms with Crippen molar-refractivity contribution in [2.24, 2.45) is 0 Å². The van der Waals surface area contributed by atoms with Crippen LogP contribution in [0, 0.1) is 6.92 Å². The zero-order valence-electron chi connectivity index (χ0n) is 16.7. The lowest BCUT2D eigenvalue weighted by molar-refractivity contribution is 0.0956. The Kier molecular flexibility index (Phi) is 5.04. The molecule has 1 aromatic heterocycles. The average molecular weight is 385 g/mol. The van der Waals surface area contributed by atoms with Crippen LogP contribution in [0.5, 0.6) is 5.75 Å². The predicted molar refractivity (Wildman–Crippen MR) is 116 cm³/mol. The lowest BCUT2D eigenvalue weighted by Crippen LogP contribution is -2.22. The van der Waals surface area contributed by atoms with Gasteiger partial charge in [0.25, 0.3) is 5.91 Å². The average Bonchev–Trinajstić information content (AvgIpc) is 3.17. The lowest BCUT2D eigenvalue weighted by Gasteiger charge is -2.10. The summed E-state index contributed by atoms with van der Waals surface area (Å²) in [7, 11) is 1.66. The van der Waals surface area contributed by atoms with Crippen LogP contribution >= 0.6 is 0 Å². The number of aromatic nitrogens is 2. The molecule has 0 aliphatic heterocycles. The van der Waals surface area contributed by atoms with Crippen molar-refractivity contribution in [1.29, 1.82) is 0 Å². The minimum Gasteiger partial charge on any atom is -0.497 e. The van der Waals surface area contributed by atoms with Crippen molar-refractivity contribution in [2.75, 3.05) is 13.7 Å². The van der Waals surface area contributed by atoms with E-state index in [0.717, 1.165) is 44.6 Å². The van der Waals surface area contributed by atoms with Crippen LogP contribution in [0.2, 0.25) is 0 Å². The molecule has 0 unspecified atom stereocenters. The minimum absolute atomic E-state index is 0.0573. The number of nitrogens with one attached hydrogen (secondary N) is 2. The first kappa shape index (κ1) is 18.7. The summed E-state index contributed by atoms with van der Waals surface area (Å²) >= 11 is 0. The van der Waals surface area contributed by atoms with E-state index in [0.29, 0.717) is 12.1 Å². The molecule has 0 radical (unpaired) electrons. The molecular formula is C24H23N3O2. The molecule has 1 heterocycles. The summed E-state index contributed by atoms with van der Waals surface area (Å²) in [4.78, 5) is 12.2. The third kappa shape index (κ3) is 3.59. The van der Waals surface area contributed by atoms with Crippen LogP contribution < -0.4 is 10.1 Å². The SMILES string of the molecule is CCNC(=O)c1ccc(C)c(-c2ccc3c(-c4ccc(OC)cc4)n[nH]c3c2)c1. The summed E-state index contributed by atoms with van der Waals surface area (Å²) < 4.78 is 5.23. The molecule has 5 nitrogen and oxygen atoms in total. The number of carbonyl (C=O) groups is 1. The van der Waals surface area contributed by atoms with Gasteiger partial charge in [-0.25, -0.2) is 0 Å². The zero-order chi connectivity index (χ0) is 20.4. The second-order valence-corrected chi connectivity index (χ2v) is 6.95. The molecule has 0 fully saturated rings.